The summed E-state index contributed by atoms with van der Waals surface area (Å²) < 4.78 is 16.6. The Hall–Kier alpha value is -2.64. The fraction of sp³-hybridized carbons (Fsp3) is 0.462. The first kappa shape index (κ1) is 25.5. The van der Waals surface area contributed by atoms with Crippen LogP contribution in [0.15, 0.2) is 30.3 Å². The maximum atomic E-state index is 13.7. The number of piperidine rings is 1. The van der Waals surface area contributed by atoms with Gasteiger partial charge in [0.05, 0.1) is 37.8 Å². The minimum absolute atomic E-state index is 0.0703. The molecule has 0 radical (unpaired) electrons. The van der Waals surface area contributed by atoms with Crippen LogP contribution in [-0.2, 0) is 4.79 Å². The minimum Gasteiger partial charge on any atom is -0.493 e. The molecule has 0 spiro atoms. The van der Waals surface area contributed by atoms with Crippen molar-refractivity contribution in [1.29, 1.82) is 0 Å². The van der Waals surface area contributed by atoms with Gasteiger partial charge in [-0.1, -0.05) is 23.2 Å². The first-order valence-electron chi connectivity index (χ1n) is 11.7. The highest BCUT2D eigenvalue weighted by atomic mass is 35.5. The molecule has 2 saturated heterocycles. The Balaban J connectivity index is 1.71. The third kappa shape index (κ3) is 5.16. The molecule has 188 valence electrons. The molecule has 2 fully saturated rings. The molecule has 2 atom stereocenters. The number of amides is 2. The van der Waals surface area contributed by atoms with Crippen molar-refractivity contribution in [2.75, 3.05) is 47.5 Å². The lowest BCUT2D eigenvalue weighted by Crippen LogP contribution is -2.42. The number of halogens is 2. The summed E-state index contributed by atoms with van der Waals surface area (Å²) >= 11 is 12.4. The van der Waals surface area contributed by atoms with Gasteiger partial charge < -0.3 is 24.0 Å². The average molecular weight is 521 g/mol. The first-order chi connectivity index (χ1) is 16.9. The fourth-order valence-electron chi connectivity index (χ4n) is 5.06. The van der Waals surface area contributed by atoms with Crippen LogP contribution in [0.1, 0.15) is 41.1 Å². The Kier molecular flexibility index (Phi) is 7.97. The van der Waals surface area contributed by atoms with Gasteiger partial charge in [0.1, 0.15) is 0 Å². The Labute approximate surface area is 215 Å². The summed E-state index contributed by atoms with van der Waals surface area (Å²) in [5.74, 6) is 0.711. The van der Waals surface area contributed by atoms with E-state index in [2.05, 4.69) is 0 Å². The van der Waals surface area contributed by atoms with Crippen molar-refractivity contribution >= 4 is 35.0 Å². The van der Waals surface area contributed by atoms with Gasteiger partial charge in [-0.3, -0.25) is 9.59 Å². The van der Waals surface area contributed by atoms with Crippen molar-refractivity contribution in [2.24, 2.45) is 5.92 Å². The molecule has 35 heavy (non-hydrogen) atoms. The second-order valence-electron chi connectivity index (χ2n) is 8.89. The van der Waals surface area contributed by atoms with E-state index in [1.165, 1.54) is 0 Å². The number of nitrogens with zero attached hydrogens (tertiary/aromatic N) is 2. The highest BCUT2D eigenvalue weighted by Crippen LogP contribution is 2.44. The Morgan fingerprint density at radius 2 is 1.51 bits per heavy atom. The van der Waals surface area contributed by atoms with Gasteiger partial charge in [0.15, 0.2) is 11.5 Å². The molecular formula is C26H30Cl2N2O5. The van der Waals surface area contributed by atoms with Gasteiger partial charge in [-0.2, -0.15) is 0 Å². The molecule has 7 nitrogen and oxygen atoms in total. The van der Waals surface area contributed by atoms with E-state index in [-0.39, 0.29) is 22.8 Å². The van der Waals surface area contributed by atoms with Gasteiger partial charge in [0, 0.05) is 37.1 Å². The number of rotatable bonds is 6. The lowest BCUT2D eigenvalue weighted by molar-refractivity contribution is -0.136. The molecule has 2 aromatic rings. The van der Waals surface area contributed by atoms with E-state index >= 15 is 0 Å². The van der Waals surface area contributed by atoms with E-state index in [1.807, 2.05) is 17.0 Å². The van der Waals surface area contributed by atoms with E-state index in [0.717, 1.165) is 37.9 Å². The number of methoxy groups -OCH3 is 3. The van der Waals surface area contributed by atoms with Crippen LogP contribution in [-0.4, -0.2) is 69.1 Å². The maximum Gasteiger partial charge on any atom is 0.255 e. The van der Waals surface area contributed by atoms with Gasteiger partial charge in [-0.05, 0) is 55.2 Å². The third-order valence-corrected chi connectivity index (χ3v) is 7.42. The zero-order chi connectivity index (χ0) is 25.1. The quantitative estimate of drug-likeness (QED) is 0.542. The second-order valence-corrected chi connectivity index (χ2v) is 9.74. The predicted octanol–water partition coefficient (Wildman–Crippen LogP) is 4.89. The molecule has 2 aromatic carbocycles. The lowest BCUT2D eigenvalue weighted by atomic mass is 9.87. The van der Waals surface area contributed by atoms with Crippen molar-refractivity contribution in [3.63, 3.8) is 0 Å². The van der Waals surface area contributed by atoms with Gasteiger partial charge in [-0.15, -0.1) is 0 Å². The van der Waals surface area contributed by atoms with Crippen molar-refractivity contribution < 1.29 is 23.8 Å². The van der Waals surface area contributed by atoms with Crippen molar-refractivity contribution in [1.82, 2.24) is 9.80 Å². The summed E-state index contributed by atoms with van der Waals surface area (Å²) in [6, 6.07) is 8.56. The van der Waals surface area contributed by atoms with Crippen molar-refractivity contribution in [2.45, 2.75) is 25.2 Å². The molecule has 0 unspecified atom stereocenters. The average Bonchev–Trinajstić information content (AvgIpc) is 3.33. The number of ether oxygens (including phenoxy) is 3. The van der Waals surface area contributed by atoms with Crippen molar-refractivity contribution in [3.05, 3.63) is 51.5 Å². The largest absolute Gasteiger partial charge is 0.493 e. The number of likely N-dealkylation sites (tertiary alicyclic amines) is 2. The molecule has 2 aliphatic heterocycles. The number of benzene rings is 2. The minimum atomic E-state index is -0.397. The number of hydrogen-bond donors (Lipinski definition) is 0. The second kappa shape index (κ2) is 11.0. The molecule has 0 N–H and O–H groups in total. The number of carbonyl (C=O) groups excluding carboxylic acids is 2. The number of hydrogen-bond acceptors (Lipinski definition) is 5. The molecule has 2 amide bonds. The Bertz CT molecular complexity index is 1080. The first-order valence-corrected chi connectivity index (χ1v) is 12.5. The van der Waals surface area contributed by atoms with Gasteiger partial charge in [-0.25, -0.2) is 0 Å². The summed E-state index contributed by atoms with van der Waals surface area (Å²) in [4.78, 5) is 30.8. The Morgan fingerprint density at radius 3 is 2.09 bits per heavy atom. The fourth-order valence-corrected chi connectivity index (χ4v) is 5.54. The zero-order valence-electron chi connectivity index (χ0n) is 20.2. The third-order valence-electron chi connectivity index (χ3n) is 6.87. The molecular weight excluding hydrogens is 491 g/mol. The normalized spacial score (nSPS) is 20.0. The topological polar surface area (TPSA) is 68.3 Å². The molecule has 0 saturated carbocycles. The molecule has 2 heterocycles. The van der Waals surface area contributed by atoms with Crippen LogP contribution in [0.2, 0.25) is 10.0 Å². The van der Waals surface area contributed by atoms with E-state index in [9.17, 15) is 9.59 Å². The highest BCUT2D eigenvalue weighted by Gasteiger charge is 2.43. The maximum absolute atomic E-state index is 13.7. The Morgan fingerprint density at radius 1 is 0.857 bits per heavy atom. The molecule has 0 bridgehead atoms. The van der Waals surface area contributed by atoms with Crippen LogP contribution in [0.5, 0.6) is 17.2 Å². The SMILES string of the molecule is COc1cc([C@@H]2CN(C(=O)c3ccc(Cl)cc3Cl)C[C@@H]2C(=O)N2CCCCC2)cc(OC)c1OC. The van der Waals surface area contributed by atoms with E-state index < -0.39 is 5.92 Å². The molecule has 0 aliphatic carbocycles. The summed E-state index contributed by atoms with van der Waals surface area (Å²) in [6.45, 7) is 2.15. The lowest BCUT2D eigenvalue weighted by Gasteiger charge is -2.31. The summed E-state index contributed by atoms with van der Waals surface area (Å²) in [5, 5.41) is 0.749. The van der Waals surface area contributed by atoms with E-state index in [4.69, 9.17) is 37.4 Å². The standard InChI is InChI=1S/C26H30Cl2N2O5/c1-33-22-11-16(12-23(34-2)24(22)35-3)19-14-30(25(31)18-8-7-17(27)13-21(18)28)15-20(19)26(32)29-9-5-4-6-10-29/h7-8,11-13,19-20H,4-6,9-10,14-15H2,1-3H3/t19-,20-/m0/s1. The molecule has 9 heteroatoms. The highest BCUT2D eigenvalue weighted by molar-refractivity contribution is 6.36. The van der Waals surface area contributed by atoms with Crippen LogP contribution < -0.4 is 14.2 Å². The summed E-state index contributed by atoms with van der Waals surface area (Å²) in [5.41, 5.74) is 1.22. The molecule has 0 aromatic heterocycles. The zero-order valence-corrected chi connectivity index (χ0v) is 21.7. The summed E-state index contributed by atoms with van der Waals surface area (Å²) in [6.07, 6.45) is 3.12. The van der Waals surface area contributed by atoms with Crippen molar-refractivity contribution in [3.8, 4) is 17.2 Å². The van der Waals surface area contributed by atoms with E-state index in [1.54, 1.807) is 44.4 Å². The van der Waals surface area contributed by atoms with Crippen LogP contribution >= 0.6 is 23.2 Å². The van der Waals surface area contributed by atoms with Crippen LogP contribution in [0, 0.1) is 5.92 Å². The van der Waals surface area contributed by atoms with E-state index in [0.29, 0.717) is 40.9 Å². The van der Waals surface area contributed by atoms with Gasteiger partial charge in [0.2, 0.25) is 11.7 Å². The van der Waals surface area contributed by atoms with Gasteiger partial charge in [0.25, 0.3) is 5.91 Å². The van der Waals surface area contributed by atoms with Gasteiger partial charge >= 0.3 is 0 Å². The molecule has 2 aliphatic rings. The van der Waals surface area contributed by atoms with Crippen LogP contribution in [0.3, 0.4) is 0 Å². The molecule has 4 rings (SSSR count). The summed E-state index contributed by atoms with van der Waals surface area (Å²) in [7, 11) is 4.67. The van der Waals surface area contributed by atoms with Crippen LogP contribution in [0.4, 0.5) is 0 Å². The smallest absolute Gasteiger partial charge is 0.255 e. The predicted molar refractivity (Wildman–Crippen MR) is 135 cm³/mol. The monoisotopic (exact) mass is 520 g/mol. The number of carbonyl (C=O) groups is 2. The van der Waals surface area contributed by atoms with Crippen LogP contribution in [0.25, 0.3) is 0 Å².